The Morgan fingerprint density at radius 1 is 1.17 bits per heavy atom. The van der Waals surface area contributed by atoms with E-state index in [1.807, 2.05) is 0 Å². The van der Waals surface area contributed by atoms with Crippen molar-refractivity contribution in [3.05, 3.63) is 0 Å². The van der Waals surface area contributed by atoms with Gasteiger partial charge in [0.15, 0.2) is 0 Å². The Labute approximate surface area is 101 Å². The van der Waals surface area contributed by atoms with Gasteiger partial charge in [0, 0.05) is 6.61 Å². The molecule has 0 fully saturated rings. The van der Waals surface area contributed by atoms with Gasteiger partial charge in [-0.2, -0.15) is 0 Å². The van der Waals surface area contributed by atoms with Crippen LogP contribution in [0.25, 0.3) is 0 Å². The molecule has 0 aromatic carbocycles. The Bertz CT molecular complexity index is 91.0. The van der Waals surface area contributed by atoms with Gasteiger partial charge in [-0.25, -0.2) is 0 Å². The minimum Gasteiger partial charge on any atom is -1.00 e. The molecule has 0 aromatic heterocycles. The monoisotopic (exact) mass is 182 g/mol. The molecule has 0 aromatic rings. The first kappa shape index (κ1) is 15.4. The maximum Gasteiger partial charge on any atom is 1.00 e. The largest absolute Gasteiger partial charge is 1.00 e. The molecule has 2 heteroatoms. The second kappa shape index (κ2) is 10.0. The minimum absolute atomic E-state index is 0. The summed E-state index contributed by atoms with van der Waals surface area (Å²) in [7, 11) is 0. The molecule has 0 saturated heterocycles. The molecule has 0 rings (SSSR count). The van der Waals surface area contributed by atoms with Crippen LogP contribution in [-0.4, -0.2) is 11.7 Å². The molecule has 0 heterocycles. The third-order valence-corrected chi connectivity index (χ3v) is 2.52. The number of hydrogen-bond acceptors (Lipinski definition) is 1. The number of aliphatic hydroxyl groups is 1. The number of hydrogen-bond donors (Lipinski definition) is 1. The van der Waals surface area contributed by atoms with Crippen LogP contribution in [0.15, 0.2) is 0 Å². The summed E-state index contributed by atoms with van der Waals surface area (Å²) in [6, 6.07) is 0. The smallest absolute Gasteiger partial charge is 1.00 e. The van der Waals surface area contributed by atoms with E-state index in [-0.39, 0.29) is 31.0 Å². The molecular weight excluding hydrogens is 159 g/mol. The van der Waals surface area contributed by atoms with Crippen molar-refractivity contribution in [2.45, 2.75) is 46.5 Å². The normalized spacial score (nSPS) is 15.0. The van der Waals surface area contributed by atoms with Crippen LogP contribution < -0.4 is 29.6 Å². The van der Waals surface area contributed by atoms with Gasteiger partial charge in [-0.05, 0) is 11.8 Å². The third kappa shape index (κ3) is 7.60. The van der Waals surface area contributed by atoms with Crippen molar-refractivity contribution in [2.75, 3.05) is 6.61 Å². The van der Waals surface area contributed by atoms with Crippen molar-refractivity contribution >= 4 is 0 Å². The summed E-state index contributed by atoms with van der Waals surface area (Å²) in [4.78, 5) is 0. The second-order valence-corrected chi connectivity index (χ2v) is 3.63. The molecule has 12 heavy (non-hydrogen) atoms. The van der Waals surface area contributed by atoms with Crippen molar-refractivity contribution in [3.63, 3.8) is 0 Å². The molecule has 1 nitrogen and oxygen atoms in total. The predicted molar refractivity (Wildman–Crippen MR) is 50.7 cm³/mol. The van der Waals surface area contributed by atoms with Crippen LogP contribution in [0.5, 0.6) is 0 Å². The van der Waals surface area contributed by atoms with E-state index in [4.69, 9.17) is 5.11 Å². The van der Waals surface area contributed by atoms with Gasteiger partial charge in [0.25, 0.3) is 0 Å². The quantitative estimate of drug-likeness (QED) is 0.451. The summed E-state index contributed by atoms with van der Waals surface area (Å²) in [5.74, 6) is 1.17. The van der Waals surface area contributed by atoms with Crippen molar-refractivity contribution in [2.24, 2.45) is 11.8 Å². The van der Waals surface area contributed by atoms with Crippen LogP contribution in [0.3, 0.4) is 0 Å². The Kier molecular flexibility index (Phi) is 12.9. The molecule has 1 N–H and O–H groups in total. The summed E-state index contributed by atoms with van der Waals surface area (Å²) in [6.07, 6.45) is 5.22. The third-order valence-electron chi connectivity index (χ3n) is 2.52. The molecule has 0 spiro atoms. The van der Waals surface area contributed by atoms with Crippen LogP contribution >= 0.6 is 0 Å². The van der Waals surface area contributed by atoms with Crippen molar-refractivity contribution in [1.29, 1.82) is 0 Å². The molecule has 0 aliphatic carbocycles. The van der Waals surface area contributed by atoms with Gasteiger partial charge in [0.05, 0.1) is 0 Å². The van der Waals surface area contributed by atoms with E-state index in [1.165, 1.54) is 25.7 Å². The zero-order chi connectivity index (χ0) is 8.69. The van der Waals surface area contributed by atoms with E-state index in [9.17, 15) is 0 Å². The molecule has 0 radical (unpaired) electrons. The molecule has 0 saturated carbocycles. The zero-order valence-corrected chi connectivity index (χ0v) is 11.1. The summed E-state index contributed by atoms with van der Waals surface area (Å²) in [5, 5.41) is 8.86. The summed E-state index contributed by atoms with van der Waals surface area (Å²) in [5.41, 5.74) is 0. The zero-order valence-electron chi connectivity index (χ0n) is 10.1. The fraction of sp³-hybridized carbons (Fsp3) is 1.00. The molecule has 2 unspecified atom stereocenters. The van der Waals surface area contributed by atoms with Crippen LogP contribution in [0.1, 0.15) is 47.9 Å². The number of rotatable bonds is 6. The van der Waals surface area contributed by atoms with Gasteiger partial charge >= 0.3 is 29.6 Å². The summed E-state index contributed by atoms with van der Waals surface area (Å²) in [6.45, 7) is 6.92. The Hall–Kier alpha value is 0.960. The van der Waals surface area contributed by atoms with Gasteiger partial charge < -0.3 is 6.53 Å². The van der Waals surface area contributed by atoms with Gasteiger partial charge in [-0.15, -0.1) is 0 Å². The van der Waals surface area contributed by atoms with E-state index in [1.54, 1.807) is 0 Å². The first-order valence-electron chi connectivity index (χ1n) is 4.83. The maximum atomic E-state index is 8.86. The average molecular weight is 182 g/mol. The van der Waals surface area contributed by atoms with E-state index in [0.29, 0.717) is 18.4 Å². The number of aliphatic hydroxyl groups excluding tert-OH is 1. The fourth-order valence-corrected chi connectivity index (χ4v) is 1.18. The van der Waals surface area contributed by atoms with Crippen molar-refractivity contribution < 1.29 is 36.1 Å². The maximum absolute atomic E-state index is 8.86. The summed E-state index contributed by atoms with van der Waals surface area (Å²) >= 11 is 0. The van der Waals surface area contributed by atoms with Gasteiger partial charge in [0.2, 0.25) is 0 Å². The summed E-state index contributed by atoms with van der Waals surface area (Å²) < 4.78 is 0. The molecular formula is C10H23NaO. The average Bonchev–Trinajstić information content (AvgIpc) is 2.03. The molecule has 0 amide bonds. The molecule has 70 valence electrons. The van der Waals surface area contributed by atoms with Crippen LogP contribution in [0.4, 0.5) is 0 Å². The van der Waals surface area contributed by atoms with Crippen LogP contribution in [0.2, 0.25) is 0 Å². The molecule has 0 aliphatic heterocycles. The molecule has 2 atom stereocenters. The molecule has 0 bridgehead atoms. The predicted octanol–water partition coefficient (Wildman–Crippen LogP) is -0.0523. The SMILES string of the molecule is CCCCCC(C)C(C)CO.[H-].[Na+]. The van der Waals surface area contributed by atoms with E-state index < -0.39 is 0 Å². The Balaban J connectivity index is -0.000000500. The number of unbranched alkanes of at least 4 members (excludes halogenated alkanes) is 2. The van der Waals surface area contributed by atoms with E-state index >= 15 is 0 Å². The Morgan fingerprint density at radius 2 is 1.75 bits per heavy atom. The first-order valence-corrected chi connectivity index (χ1v) is 4.83. The minimum atomic E-state index is 0. The van der Waals surface area contributed by atoms with Gasteiger partial charge in [-0.1, -0.05) is 46.5 Å². The standard InChI is InChI=1S/C10H22O.Na.H/c1-4-5-6-7-9(2)10(3)8-11;;/h9-11H,4-8H2,1-3H3;;/q;+1;-1. The first-order chi connectivity index (χ1) is 5.22. The van der Waals surface area contributed by atoms with E-state index in [2.05, 4.69) is 20.8 Å². The van der Waals surface area contributed by atoms with Crippen molar-refractivity contribution in [3.8, 4) is 0 Å². The van der Waals surface area contributed by atoms with Crippen LogP contribution in [-0.2, 0) is 0 Å². The Morgan fingerprint density at radius 3 is 2.17 bits per heavy atom. The van der Waals surface area contributed by atoms with Gasteiger partial charge in [-0.3, -0.25) is 0 Å². The second-order valence-electron chi connectivity index (χ2n) is 3.63. The van der Waals surface area contributed by atoms with Crippen LogP contribution in [0, 0.1) is 11.8 Å². The molecule has 0 aliphatic rings. The van der Waals surface area contributed by atoms with Crippen molar-refractivity contribution in [1.82, 2.24) is 0 Å². The van der Waals surface area contributed by atoms with Gasteiger partial charge in [0.1, 0.15) is 0 Å². The topological polar surface area (TPSA) is 20.2 Å². The fourth-order valence-electron chi connectivity index (χ4n) is 1.18. The van der Waals surface area contributed by atoms with E-state index in [0.717, 1.165) is 0 Å².